The number of fused-ring (bicyclic) bond motifs is 1. The number of carbonyl (C=O) groups excluding carboxylic acids is 1. The maximum absolute atomic E-state index is 13.9. The summed E-state index contributed by atoms with van der Waals surface area (Å²) in [6, 6.07) is 2.33. The molecule has 2 N–H and O–H groups in total. The zero-order chi connectivity index (χ0) is 26.1. The van der Waals surface area contributed by atoms with Gasteiger partial charge in [0.1, 0.15) is 10.8 Å². The van der Waals surface area contributed by atoms with Crippen LogP contribution in [0.15, 0.2) is 29.6 Å². The molecule has 2 aliphatic rings. The predicted molar refractivity (Wildman–Crippen MR) is 110 cm³/mol. The lowest BCUT2D eigenvalue weighted by Crippen LogP contribution is -2.65. The summed E-state index contributed by atoms with van der Waals surface area (Å²) in [5.74, 6) is -13.6. The number of rotatable bonds is 4. The first kappa shape index (κ1) is 25.1. The number of hydrogen-bond acceptors (Lipinski definition) is 6. The standard InChI is InChI=1S/C20H18F7N5O2S/c1-9-11(20(25,26)27)6-30-16(32-7-12-13(8-32)19(23,24)18(12,21)22)15(9)17(33)31-10-3-4-29-14(5-10)35(2,28)34/h3-6,12-13,28H,7-8H2,1-2H3,(H,29,31,33)/t12-,13+,35?. The van der Waals surface area contributed by atoms with Gasteiger partial charge in [0.15, 0.2) is 0 Å². The highest BCUT2D eigenvalue weighted by Crippen LogP contribution is 2.62. The fourth-order valence-corrected chi connectivity index (χ4v) is 5.00. The van der Waals surface area contributed by atoms with E-state index >= 15 is 0 Å². The van der Waals surface area contributed by atoms with E-state index in [-0.39, 0.29) is 10.7 Å². The molecule has 1 unspecified atom stereocenters. The Hall–Kier alpha value is -2.97. The van der Waals surface area contributed by atoms with E-state index in [2.05, 4.69) is 15.3 Å². The molecule has 2 aromatic heterocycles. The molecule has 15 heteroatoms. The number of nitrogens with one attached hydrogen (secondary N) is 2. The lowest BCUT2D eigenvalue weighted by Gasteiger charge is -2.46. The Bertz CT molecular complexity index is 1290. The van der Waals surface area contributed by atoms with Gasteiger partial charge in [-0.3, -0.25) is 4.79 Å². The number of pyridine rings is 2. The van der Waals surface area contributed by atoms with Crippen molar-refractivity contribution in [1.82, 2.24) is 9.97 Å². The third kappa shape index (κ3) is 3.98. The number of alkyl halides is 7. The first-order valence-corrected chi connectivity index (χ1v) is 12.0. The van der Waals surface area contributed by atoms with Gasteiger partial charge in [0.05, 0.1) is 32.7 Å². The number of aromatic nitrogens is 2. The number of hydrogen-bond donors (Lipinski definition) is 2. The average Bonchev–Trinajstić information content (AvgIpc) is 3.17. The van der Waals surface area contributed by atoms with E-state index in [4.69, 9.17) is 4.78 Å². The van der Waals surface area contributed by atoms with Gasteiger partial charge >= 0.3 is 18.0 Å². The first-order valence-electron chi connectivity index (χ1n) is 10.0. The molecule has 2 fully saturated rings. The maximum Gasteiger partial charge on any atom is 0.418 e. The molecule has 0 radical (unpaired) electrons. The Labute approximate surface area is 194 Å². The molecule has 1 amide bonds. The van der Waals surface area contributed by atoms with Crippen molar-refractivity contribution in [1.29, 1.82) is 4.78 Å². The molecule has 0 bridgehead atoms. The molecular formula is C20H18F7N5O2S. The van der Waals surface area contributed by atoms with Crippen LogP contribution in [-0.2, 0) is 15.9 Å². The Balaban J connectivity index is 1.75. The monoisotopic (exact) mass is 525 g/mol. The van der Waals surface area contributed by atoms with Gasteiger partial charge in [-0.05, 0) is 24.6 Å². The fourth-order valence-electron chi connectivity index (χ4n) is 4.39. The molecule has 3 atom stereocenters. The van der Waals surface area contributed by atoms with Gasteiger partial charge in [0, 0.05) is 37.4 Å². The molecule has 190 valence electrons. The number of nitrogens with zero attached hydrogens (tertiary/aromatic N) is 3. The molecule has 1 saturated heterocycles. The van der Waals surface area contributed by atoms with Gasteiger partial charge in [-0.25, -0.2) is 19.0 Å². The van der Waals surface area contributed by atoms with Crippen molar-refractivity contribution in [2.45, 2.75) is 30.0 Å². The highest BCUT2D eigenvalue weighted by Gasteiger charge is 2.80. The van der Waals surface area contributed by atoms with Crippen molar-refractivity contribution in [3.63, 3.8) is 0 Å². The fraction of sp³-hybridized carbons (Fsp3) is 0.450. The van der Waals surface area contributed by atoms with Crippen LogP contribution in [0.25, 0.3) is 0 Å². The molecule has 1 aliphatic carbocycles. The summed E-state index contributed by atoms with van der Waals surface area (Å²) in [5, 5.41) is 2.11. The van der Waals surface area contributed by atoms with Crippen LogP contribution in [0.1, 0.15) is 21.5 Å². The molecule has 7 nitrogen and oxygen atoms in total. The molecule has 35 heavy (non-hydrogen) atoms. The summed E-state index contributed by atoms with van der Waals surface area (Å²) in [5.41, 5.74) is -2.52. The topological polar surface area (TPSA) is 99.0 Å². The average molecular weight is 525 g/mol. The predicted octanol–water partition coefficient (Wildman–Crippen LogP) is 4.43. The molecule has 1 saturated carbocycles. The summed E-state index contributed by atoms with van der Waals surface area (Å²) >= 11 is 0. The molecule has 1 aliphatic heterocycles. The third-order valence-electron chi connectivity index (χ3n) is 6.24. The van der Waals surface area contributed by atoms with Crippen molar-refractivity contribution in [3.8, 4) is 0 Å². The van der Waals surface area contributed by atoms with E-state index in [1.54, 1.807) is 0 Å². The maximum atomic E-state index is 13.9. The van der Waals surface area contributed by atoms with Gasteiger partial charge in [-0.2, -0.15) is 30.7 Å². The highest BCUT2D eigenvalue weighted by molar-refractivity contribution is 7.91. The van der Waals surface area contributed by atoms with Gasteiger partial charge in [-0.1, -0.05) is 0 Å². The quantitative estimate of drug-likeness (QED) is 0.576. The normalized spacial score (nSPS) is 24.3. The summed E-state index contributed by atoms with van der Waals surface area (Å²) in [7, 11) is -3.28. The number of amides is 1. The van der Waals surface area contributed by atoms with E-state index < -0.39 is 81.1 Å². The smallest absolute Gasteiger partial charge is 0.355 e. The minimum atomic E-state index is -4.91. The van der Waals surface area contributed by atoms with Crippen LogP contribution >= 0.6 is 0 Å². The summed E-state index contributed by atoms with van der Waals surface area (Å²) in [4.78, 5) is 21.5. The Kier molecular flexibility index (Phi) is 5.58. The van der Waals surface area contributed by atoms with Crippen LogP contribution in [0, 0.1) is 23.5 Å². The van der Waals surface area contributed by atoms with Crippen molar-refractivity contribution in [2.75, 3.05) is 29.6 Å². The van der Waals surface area contributed by atoms with Crippen molar-refractivity contribution >= 4 is 27.1 Å². The number of anilines is 2. The molecule has 2 aromatic rings. The van der Waals surface area contributed by atoms with Gasteiger partial charge < -0.3 is 10.2 Å². The van der Waals surface area contributed by atoms with Crippen LogP contribution in [0.3, 0.4) is 0 Å². The number of carbonyl (C=O) groups is 1. The zero-order valence-electron chi connectivity index (χ0n) is 18.1. The second-order valence-electron chi connectivity index (χ2n) is 8.54. The van der Waals surface area contributed by atoms with Crippen LogP contribution in [0.5, 0.6) is 0 Å². The molecule has 4 rings (SSSR count). The summed E-state index contributed by atoms with van der Waals surface area (Å²) in [6.45, 7) is -0.263. The van der Waals surface area contributed by atoms with Crippen LogP contribution in [0.2, 0.25) is 0 Å². The summed E-state index contributed by atoms with van der Waals surface area (Å²) < 4.78 is 116. The first-order chi connectivity index (χ1) is 16.0. The molecular weight excluding hydrogens is 507 g/mol. The number of halogens is 7. The minimum Gasteiger partial charge on any atom is -0.355 e. The van der Waals surface area contributed by atoms with Crippen LogP contribution in [-0.4, -0.2) is 51.3 Å². The SMILES string of the molecule is Cc1c(C(F)(F)F)cnc(N2C[C@@H]3[C@H](C2)C(F)(F)C3(F)F)c1C(=O)Nc1ccnc(S(C)(=N)=O)c1. The van der Waals surface area contributed by atoms with Crippen molar-refractivity contribution in [3.05, 3.63) is 41.2 Å². The van der Waals surface area contributed by atoms with E-state index in [1.807, 2.05) is 0 Å². The minimum absolute atomic E-state index is 0.0517. The van der Waals surface area contributed by atoms with E-state index in [1.165, 1.54) is 6.07 Å². The largest absolute Gasteiger partial charge is 0.418 e. The van der Waals surface area contributed by atoms with Crippen molar-refractivity contribution in [2.24, 2.45) is 11.8 Å². The van der Waals surface area contributed by atoms with E-state index in [0.29, 0.717) is 6.20 Å². The van der Waals surface area contributed by atoms with Gasteiger partial charge in [-0.15, -0.1) is 0 Å². The highest BCUT2D eigenvalue weighted by atomic mass is 32.2. The summed E-state index contributed by atoms with van der Waals surface area (Å²) in [6.07, 6.45) is -2.28. The Morgan fingerprint density at radius 3 is 2.26 bits per heavy atom. The van der Waals surface area contributed by atoms with Gasteiger partial charge in [0.25, 0.3) is 5.91 Å². The Morgan fingerprint density at radius 1 is 1.17 bits per heavy atom. The van der Waals surface area contributed by atoms with E-state index in [0.717, 1.165) is 30.3 Å². The second-order valence-corrected chi connectivity index (χ2v) is 10.6. The van der Waals surface area contributed by atoms with Crippen molar-refractivity contribution < 1.29 is 39.7 Å². The lowest BCUT2D eigenvalue weighted by atomic mass is 9.68. The molecule has 3 heterocycles. The third-order valence-corrected chi connectivity index (χ3v) is 7.26. The zero-order valence-corrected chi connectivity index (χ0v) is 18.9. The molecule has 0 spiro atoms. The van der Waals surface area contributed by atoms with E-state index in [9.17, 15) is 39.7 Å². The van der Waals surface area contributed by atoms with Crippen LogP contribution < -0.4 is 10.2 Å². The van der Waals surface area contributed by atoms with Gasteiger partial charge in [0.2, 0.25) is 0 Å². The van der Waals surface area contributed by atoms with Crippen LogP contribution in [0.4, 0.5) is 42.2 Å². The molecule has 0 aromatic carbocycles. The Morgan fingerprint density at radius 2 is 1.74 bits per heavy atom. The lowest BCUT2D eigenvalue weighted by molar-refractivity contribution is -0.339. The second kappa shape index (κ2) is 7.77.